The van der Waals surface area contributed by atoms with E-state index in [4.69, 9.17) is 22.9 Å². The Kier molecular flexibility index (Phi) is 13.8. The standard InChI is InChI=1S/C19H36N8O7/c1-9(2)14(21)17(32)27-12(8-28)16(31)25-10(4-3-7-24-19(22)23)15(30)26-11(18(33)34)5-6-13(20)29/h9-12,14,28H,3-8,21H2,1-2H3,(H2,20,29)(H,25,31)(H,26,30)(H,27,32)(H,33,34)(H4,22,23,24). The fourth-order valence-electron chi connectivity index (χ4n) is 2.63. The zero-order valence-corrected chi connectivity index (χ0v) is 19.3. The fourth-order valence-corrected chi connectivity index (χ4v) is 2.63. The molecule has 0 heterocycles. The van der Waals surface area contributed by atoms with E-state index in [1.807, 2.05) is 0 Å². The van der Waals surface area contributed by atoms with E-state index in [9.17, 15) is 34.2 Å². The van der Waals surface area contributed by atoms with Crippen molar-refractivity contribution in [2.24, 2.45) is 33.8 Å². The van der Waals surface area contributed by atoms with Crippen LogP contribution in [0.1, 0.15) is 39.5 Å². The number of nitrogens with one attached hydrogen (secondary N) is 3. The first-order chi connectivity index (χ1) is 15.8. The van der Waals surface area contributed by atoms with Crippen LogP contribution < -0.4 is 38.9 Å². The number of primary amides is 1. The van der Waals surface area contributed by atoms with Crippen molar-refractivity contribution >= 4 is 35.6 Å². The molecule has 4 atom stereocenters. The second-order valence-electron chi connectivity index (χ2n) is 7.93. The van der Waals surface area contributed by atoms with Crippen LogP contribution in [0.15, 0.2) is 4.99 Å². The molecule has 0 bridgehead atoms. The molecule has 0 aromatic heterocycles. The molecule has 0 fully saturated rings. The number of nitrogens with zero attached hydrogens (tertiary/aromatic N) is 1. The summed E-state index contributed by atoms with van der Waals surface area (Å²) < 4.78 is 0. The number of amides is 4. The predicted molar refractivity (Wildman–Crippen MR) is 122 cm³/mol. The molecule has 0 aliphatic rings. The number of carboxylic acids is 1. The molecule has 0 radical (unpaired) electrons. The summed E-state index contributed by atoms with van der Waals surface area (Å²) in [5.41, 5.74) is 21.3. The highest BCUT2D eigenvalue weighted by Gasteiger charge is 2.30. The topological polar surface area (TPSA) is 278 Å². The van der Waals surface area contributed by atoms with Gasteiger partial charge in [-0.3, -0.25) is 24.2 Å². The van der Waals surface area contributed by atoms with Gasteiger partial charge in [-0.05, 0) is 25.2 Å². The minimum Gasteiger partial charge on any atom is -0.480 e. The van der Waals surface area contributed by atoms with Crippen LogP contribution in [0.5, 0.6) is 0 Å². The molecule has 13 N–H and O–H groups in total. The molecule has 4 amide bonds. The number of rotatable bonds is 16. The lowest BCUT2D eigenvalue weighted by atomic mass is 10.0. The number of carbonyl (C=O) groups is 5. The van der Waals surface area contributed by atoms with E-state index in [0.717, 1.165) is 0 Å². The van der Waals surface area contributed by atoms with Crippen molar-refractivity contribution in [3.63, 3.8) is 0 Å². The molecule has 0 spiro atoms. The second-order valence-corrected chi connectivity index (χ2v) is 7.93. The monoisotopic (exact) mass is 488 g/mol. The van der Waals surface area contributed by atoms with Gasteiger partial charge in [-0.15, -0.1) is 0 Å². The Morgan fingerprint density at radius 1 is 0.853 bits per heavy atom. The third kappa shape index (κ3) is 12.0. The third-order valence-corrected chi connectivity index (χ3v) is 4.71. The summed E-state index contributed by atoms with van der Waals surface area (Å²) in [6, 6.07) is -5.03. The maximum atomic E-state index is 12.7. The summed E-state index contributed by atoms with van der Waals surface area (Å²) in [5, 5.41) is 25.8. The summed E-state index contributed by atoms with van der Waals surface area (Å²) in [6.45, 7) is 2.75. The number of nitrogens with two attached hydrogens (primary N) is 4. The Bertz CT molecular complexity index is 755. The molecule has 4 unspecified atom stereocenters. The van der Waals surface area contributed by atoms with Crippen LogP contribution in [0.25, 0.3) is 0 Å². The number of hydrogen-bond donors (Lipinski definition) is 9. The maximum Gasteiger partial charge on any atom is 0.326 e. The Hall–Kier alpha value is -3.46. The van der Waals surface area contributed by atoms with Crippen molar-refractivity contribution in [3.8, 4) is 0 Å². The van der Waals surface area contributed by atoms with Gasteiger partial charge in [0.15, 0.2) is 5.96 Å². The first kappa shape index (κ1) is 30.5. The van der Waals surface area contributed by atoms with Crippen LogP contribution in [0.3, 0.4) is 0 Å². The van der Waals surface area contributed by atoms with E-state index >= 15 is 0 Å². The lowest BCUT2D eigenvalue weighted by Crippen LogP contribution is -2.58. The van der Waals surface area contributed by atoms with E-state index in [-0.39, 0.29) is 44.1 Å². The van der Waals surface area contributed by atoms with E-state index in [0.29, 0.717) is 0 Å². The predicted octanol–water partition coefficient (Wildman–Crippen LogP) is -4.18. The molecule has 0 aliphatic carbocycles. The highest BCUT2D eigenvalue weighted by Crippen LogP contribution is 2.04. The van der Waals surface area contributed by atoms with Crippen LogP contribution in [0.4, 0.5) is 0 Å². The van der Waals surface area contributed by atoms with Crippen LogP contribution in [-0.4, -0.2) is 83.1 Å². The van der Waals surface area contributed by atoms with Gasteiger partial charge < -0.3 is 49.1 Å². The van der Waals surface area contributed by atoms with E-state index in [1.54, 1.807) is 13.8 Å². The lowest BCUT2D eigenvalue weighted by Gasteiger charge is -2.25. The highest BCUT2D eigenvalue weighted by atomic mass is 16.4. The van der Waals surface area contributed by atoms with Crippen molar-refractivity contribution < 1.29 is 34.2 Å². The van der Waals surface area contributed by atoms with E-state index in [2.05, 4.69) is 20.9 Å². The Balaban J connectivity index is 5.44. The first-order valence-corrected chi connectivity index (χ1v) is 10.6. The quantitative estimate of drug-likeness (QED) is 0.0573. The number of carbonyl (C=O) groups excluding carboxylic acids is 4. The zero-order valence-electron chi connectivity index (χ0n) is 19.3. The van der Waals surface area contributed by atoms with Gasteiger partial charge in [0.25, 0.3) is 0 Å². The van der Waals surface area contributed by atoms with Crippen LogP contribution in [0.2, 0.25) is 0 Å². The van der Waals surface area contributed by atoms with Crippen LogP contribution in [-0.2, 0) is 24.0 Å². The minimum atomic E-state index is -1.44. The first-order valence-electron chi connectivity index (χ1n) is 10.6. The van der Waals surface area contributed by atoms with Crippen LogP contribution >= 0.6 is 0 Å². The number of aliphatic hydroxyl groups excluding tert-OH is 1. The smallest absolute Gasteiger partial charge is 0.326 e. The molecule has 15 heteroatoms. The lowest BCUT2D eigenvalue weighted by molar-refractivity contribution is -0.142. The van der Waals surface area contributed by atoms with Crippen molar-refractivity contribution in [2.75, 3.05) is 13.2 Å². The van der Waals surface area contributed by atoms with Gasteiger partial charge in [-0.25, -0.2) is 4.79 Å². The summed E-state index contributed by atoms with van der Waals surface area (Å²) >= 11 is 0. The number of aliphatic carboxylic acids is 1. The maximum absolute atomic E-state index is 12.7. The molecule has 15 nitrogen and oxygen atoms in total. The van der Waals surface area contributed by atoms with Gasteiger partial charge in [0.2, 0.25) is 23.6 Å². The number of aliphatic hydroxyl groups is 1. The van der Waals surface area contributed by atoms with Gasteiger partial charge >= 0.3 is 5.97 Å². The van der Waals surface area contributed by atoms with E-state index in [1.165, 1.54) is 0 Å². The van der Waals surface area contributed by atoms with E-state index < -0.39 is 60.4 Å². The molecule has 0 rings (SSSR count). The zero-order chi connectivity index (χ0) is 26.4. The molecule has 0 saturated heterocycles. The molecule has 0 aromatic carbocycles. The van der Waals surface area contributed by atoms with Gasteiger partial charge in [-0.1, -0.05) is 13.8 Å². The van der Waals surface area contributed by atoms with Crippen molar-refractivity contribution in [3.05, 3.63) is 0 Å². The summed E-state index contributed by atoms with van der Waals surface area (Å²) in [6.07, 6.45) is -0.321. The molecule has 194 valence electrons. The van der Waals surface area contributed by atoms with Crippen molar-refractivity contribution in [1.29, 1.82) is 0 Å². The highest BCUT2D eigenvalue weighted by molar-refractivity contribution is 5.94. The average molecular weight is 489 g/mol. The molecule has 0 aliphatic heterocycles. The minimum absolute atomic E-state index is 0.00584. The molecule has 34 heavy (non-hydrogen) atoms. The largest absolute Gasteiger partial charge is 0.480 e. The molecular weight excluding hydrogens is 452 g/mol. The SMILES string of the molecule is CC(C)C(N)C(=O)NC(CO)C(=O)NC(CCCN=C(N)N)C(=O)NC(CCC(N)=O)C(=O)O. The summed E-state index contributed by atoms with van der Waals surface area (Å²) in [7, 11) is 0. The second kappa shape index (κ2) is 15.4. The van der Waals surface area contributed by atoms with Gasteiger partial charge in [0, 0.05) is 13.0 Å². The number of guanidine groups is 1. The van der Waals surface area contributed by atoms with Gasteiger partial charge in [0.1, 0.15) is 18.1 Å². The molecule has 0 saturated carbocycles. The normalized spacial score (nSPS) is 14.3. The van der Waals surface area contributed by atoms with Crippen molar-refractivity contribution in [1.82, 2.24) is 16.0 Å². The molecule has 0 aromatic rings. The Morgan fingerprint density at radius 2 is 1.38 bits per heavy atom. The number of carboxylic acid groups (broad SMARTS) is 1. The summed E-state index contributed by atoms with van der Waals surface area (Å²) in [5.74, 6) is -4.98. The van der Waals surface area contributed by atoms with Crippen LogP contribution in [0, 0.1) is 5.92 Å². The van der Waals surface area contributed by atoms with Gasteiger partial charge in [-0.2, -0.15) is 0 Å². The third-order valence-electron chi connectivity index (χ3n) is 4.71. The Labute approximate surface area is 197 Å². The fraction of sp³-hybridized carbons (Fsp3) is 0.684. The molecular formula is C19H36N8O7. The van der Waals surface area contributed by atoms with Crippen molar-refractivity contribution in [2.45, 2.75) is 63.7 Å². The number of hydrogen-bond acceptors (Lipinski definition) is 8. The average Bonchev–Trinajstić information content (AvgIpc) is 2.75. The van der Waals surface area contributed by atoms with Gasteiger partial charge in [0.05, 0.1) is 12.6 Å². The number of aliphatic imine (C=N–C) groups is 1. The summed E-state index contributed by atoms with van der Waals surface area (Å²) in [4.78, 5) is 63.7. The Morgan fingerprint density at radius 3 is 1.85 bits per heavy atom.